The van der Waals surface area contributed by atoms with Crippen molar-refractivity contribution in [3.05, 3.63) is 59.7 Å². The molecule has 4 rings (SSSR count). The topological polar surface area (TPSA) is 104 Å². The SMILES string of the molecule is CC(C)(C)NC(=O)[C@@H]1CN(C(=O)c2cnccn2)C[C@]12Cc1ccccc1C(=O)N2. The molecule has 1 fully saturated rings. The summed E-state index contributed by atoms with van der Waals surface area (Å²) in [5, 5.41) is 6.09. The number of fused-ring (bicyclic) bond motifs is 1. The highest BCUT2D eigenvalue weighted by molar-refractivity contribution is 5.99. The van der Waals surface area contributed by atoms with Gasteiger partial charge in [0.05, 0.1) is 17.7 Å². The predicted molar refractivity (Wildman–Crippen MR) is 110 cm³/mol. The molecule has 2 atom stereocenters. The van der Waals surface area contributed by atoms with Gasteiger partial charge < -0.3 is 15.5 Å². The van der Waals surface area contributed by atoms with Crippen molar-refractivity contribution in [2.24, 2.45) is 5.92 Å². The maximum Gasteiger partial charge on any atom is 0.274 e. The van der Waals surface area contributed by atoms with Crippen molar-refractivity contribution in [1.29, 1.82) is 0 Å². The Hall–Kier alpha value is -3.29. The Morgan fingerprint density at radius 2 is 2.00 bits per heavy atom. The summed E-state index contributed by atoms with van der Waals surface area (Å²) >= 11 is 0. The Kier molecular flexibility index (Phi) is 4.80. The van der Waals surface area contributed by atoms with Gasteiger partial charge >= 0.3 is 0 Å². The minimum absolute atomic E-state index is 0.184. The monoisotopic (exact) mass is 407 g/mol. The number of hydrogen-bond acceptors (Lipinski definition) is 5. The van der Waals surface area contributed by atoms with Gasteiger partial charge in [0.25, 0.3) is 11.8 Å². The van der Waals surface area contributed by atoms with Gasteiger partial charge in [0, 0.05) is 36.6 Å². The third kappa shape index (κ3) is 3.65. The number of carbonyl (C=O) groups is 3. The molecule has 0 unspecified atom stereocenters. The Bertz CT molecular complexity index is 1000. The first-order chi connectivity index (χ1) is 14.2. The number of carbonyl (C=O) groups excluding carboxylic acids is 3. The molecule has 2 aromatic rings. The number of hydrogen-bond donors (Lipinski definition) is 2. The largest absolute Gasteiger partial charge is 0.351 e. The second-order valence-electron chi connectivity index (χ2n) is 9.01. The van der Waals surface area contributed by atoms with E-state index in [2.05, 4.69) is 20.6 Å². The first-order valence-corrected chi connectivity index (χ1v) is 9.96. The van der Waals surface area contributed by atoms with E-state index < -0.39 is 17.0 Å². The molecule has 1 aromatic carbocycles. The lowest BCUT2D eigenvalue weighted by Crippen LogP contribution is -2.62. The van der Waals surface area contributed by atoms with Gasteiger partial charge in [-0.1, -0.05) is 18.2 Å². The molecule has 3 heterocycles. The molecule has 0 saturated carbocycles. The van der Waals surface area contributed by atoms with Crippen LogP contribution in [-0.4, -0.2) is 56.8 Å². The summed E-state index contributed by atoms with van der Waals surface area (Å²) in [5.41, 5.74) is 0.392. The summed E-state index contributed by atoms with van der Waals surface area (Å²) in [6.07, 6.45) is 4.84. The van der Waals surface area contributed by atoms with Gasteiger partial charge in [-0.15, -0.1) is 0 Å². The molecule has 2 aliphatic heterocycles. The van der Waals surface area contributed by atoms with Crippen LogP contribution >= 0.6 is 0 Å². The molecule has 0 aliphatic carbocycles. The Morgan fingerprint density at radius 3 is 2.70 bits per heavy atom. The van der Waals surface area contributed by atoms with Crippen LogP contribution in [0.25, 0.3) is 0 Å². The normalized spacial score (nSPS) is 23.1. The van der Waals surface area contributed by atoms with E-state index in [4.69, 9.17) is 0 Å². The zero-order chi connectivity index (χ0) is 21.5. The molecular weight excluding hydrogens is 382 g/mol. The standard InChI is InChI=1S/C22H25N5O3/c1-21(2,3)25-19(29)16-12-27(20(30)17-11-23-8-9-24-17)13-22(16)10-14-6-4-5-7-15(14)18(28)26-22/h4-9,11,16H,10,12-13H2,1-3H3,(H,25,29)(H,26,28)/t16-,22+/m0/s1. The van der Waals surface area contributed by atoms with E-state index in [0.717, 1.165) is 5.56 Å². The average molecular weight is 407 g/mol. The maximum atomic E-state index is 13.2. The van der Waals surface area contributed by atoms with Crippen molar-refractivity contribution >= 4 is 17.7 Å². The lowest BCUT2D eigenvalue weighted by molar-refractivity contribution is -0.127. The van der Waals surface area contributed by atoms with Gasteiger partial charge in [0.15, 0.2) is 0 Å². The first kappa shape index (κ1) is 20.0. The fraction of sp³-hybridized carbons (Fsp3) is 0.409. The average Bonchev–Trinajstić information content (AvgIpc) is 3.05. The molecular formula is C22H25N5O3. The van der Waals surface area contributed by atoms with Gasteiger partial charge in [-0.05, 0) is 38.8 Å². The lowest BCUT2D eigenvalue weighted by Gasteiger charge is -2.39. The summed E-state index contributed by atoms with van der Waals surface area (Å²) in [4.78, 5) is 48.8. The van der Waals surface area contributed by atoms with Crippen molar-refractivity contribution in [3.8, 4) is 0 Å². The zero-order valence-corrected chi connectivity index (χ0v) is 17.3. The smallest absolute Gasteiger partial charge is 0.274 e. The zero-order valence-electron chi connectivity index (χ0n) is 17.3. The van der Waals surface area contributed by atoms with Gasteiger partial charge in [-0.2, -0.15) is 0 Å². The summed E-state index contributed by atoms with van der Waals surface area (Å²) in [6, 6.07) is 7.38. The van der Waals surface area contributed by atoms with E-state index in [-0.39, 0.29) is 36.5 Å². The minimum Gasteiger partial charge on any atom is -0.351 e. The third-order valence-electron chi connectivity index (χ3n) is 5.56. The van der Waals surface area contributed by atoms with Gasteiger partial charge in [-0.25, -0.2) is 4.98 Å². The summed E-state index contributed by atoms with van der Waals surface area (Å²) in [5.74, 6) is -1.30. The highest BCUT2D eigenvalue weighted by atomic mass is 16.2. The van der Waals surface area contributed by atoms with Crippen LogP contribution in [0.15, 0.2) is 42.9 Å². The molecule has 1 saturated heterocycles. The van der Waals surface area contributed by atoms with Gasteiger partial charge in [0.2, 0.25) is 5.91 Å². The highest BCUT2D eigenvalue weighted by Gasteiger charge is 2.54. The van der Waals surface area contributed by atoms with Crippen LogP contribution in [0.1, 0.15) is 47.2 Å². The van der Waals surface area contributed by atoms with E-state index in [0.29, 0.717) is 12.0 Å². The van der Waals surface area contributed by atoms with Gasteiger partial charge in [-0.3, -0.25) is 19.4 Å². The van der Waals surface area contributed by atoms with E-state index in [1.807, 2.05) is 39.0 Å². The number of aromatic nitrogens is 2. The van der Waals surface area contributed by atoms with Crippen molar-refractivity contribution in [3.63, 3.8) is 0 Å². The van der Waals surface area contributed by atoms with E-state index >= 15 is 0 Å². The molecule has 0 radical (unpaired) electrons. The van der Waals surface area contributed by atoms with E-state index in [9.17, 15) is 14.4 Å². The fourth-order valence-electron chi connectivity index (χ4n) is 4.31. The molecule has 1 spiro atoms. The molecule has 1 aromatic heterocycles. The number of benzene rings is 1. The number of nitrogens with one attached hydrogen (secondary N) is 2. The van der Waals surface area contributed by atoms with Crippen molar-refractivity contribution < 1.29 is 14.4 Å². The van der Waals surface area contributed by atoms with Crippen LogP contribution < -0.4 is 10.6 Å². The Morgan fingerprint density at radius 1 is 1.23 bits per heavy atom. The molecule has 30 heavy (non-hydrogen) atoms. The van der Waals surface area contributed by atoms with Crippen LogP contribution in [0.3, 0.4) is 0 Å². The summed E-state index contributed by atoms with van der Waals surface area (Å²) in [6.45, 7) is 6.14. The molecule has 156 valence electrons. The van der Waals surface area contributed by atoms with Gasteiger partial charge in [0.1, 0.15) is 5.69 Å². The highest BCUT2D eigenvalue weighted by Crippen LogP contribution is 2.36. The van der Waals surface area contributed by atoms with Crippen LogP contribution in [0, 0.1) is 5.92 Å². The summed E-state index contributed by atoms with van der Waals surface area (Å²) in [7, 11) is 0. The lowest BCUT2D eigenvalue weighted by atomic mass is 9.76. The molecule has 0 bridgehead atoms. The number of nitrogens with zero attached hydrogens (tertiary/aromatic N) is 3. The van der Waals surface area contributed by atoms with E-state index in [1.165, 1.54) is 18.6 Å². The quantitative estimate of drug-likeness (QED) is 0.778. The second kappa shape index (κ2) is 7.19. The second-order valence-corrected chi connectivity index (χ2v) is 9.01. The van der Waals surface area contributed by atoms with Crippen molar-refractivity contribution in [1.82, 2.24) is 25.5 Å². The number of likely N-dealkylation sites (tertiary alicyclic amines) is 1. The Balaban J connectivity index is 1.70. The van der Waals surface area contributed by atoms with E-state index in [1.54, 1.807) is 11.0 Å². The first-order valence-electron chi connectivity index (χ1n) is 9.96. The molecule has 3 amide bonds. The van der Waals surface area contributed by atoms with Crippen LogP contribution in [0.2, 0.25) is 0 Å². The molecule has 2 N–H and O–H groups in total. The molecule has 2 aliphatic rings. The van der Waals surface area contributed by atoms with Crippen molar-refractivity contribution in [2.75, 3.05) is 13.1 Å². The third-order valence-corrected chi connectivity index (χ3v) is 5.56. The van der Waals surface area contributed by atoms with Crippen LogP contribution in [-0.2, 0) is 11.2 Å². The Labute approximate surface area is 175 Å². The molecule has 8 heteroatoms. The fourth-order valence-corrected chi connectivity index (χ4v) is 4.31. The maximum absolute atomic E-state index is 13.2. The number of rotatable bonds is 2. The molecule has 8 nitrogen and oxygen atoms in total. The number of amides is 3. The predicted octanol–water partition coefficient (Wildman–Crippen LogP) is 1.19. The summed E-state index contributed by atoms with van der Waals surface area (Å²) < 4.78 is 0. The van der Waals surface area contributed by atoms with Crippen LogP contribution in [0.5, 0.6) is 0 Å². The van der Waals surface area contributed by atoms with Crippen molar-refractivity contribution in [2.45, 2.75) is 38.3 Å². The van der Waals surface area contributed by atoms with Crippen LogP contribution in [0.4, 0.5) is 0 Å². The minimum atomic E-state index is -0.876.